The molecule has 0 saturated heterocycles. The van der Waals surface area contributed by atoms with Gasteiger partial charge in [0, 0.05) is 24.6 Å². The standard InChI is InChI=1S/C25H28N4O5/c1-12-8-7-9-15(10-12)29-21(26)18(23(32)28(6)24(29)33)27-22(31)17-14(3)19(30)13(2)16-11-25(4,5)34-20(16)17/h7-10,30H,11,26H2,1-6H3,(H,27,31). The number of nitrogens with one attached hydrogen (secondary N) is 1. The van der Waals surface area contributed by atoms with E-state index in [-0.39, 0.29) is 22.8 Å². The Labute approximate surface area is 196 Å². The second-order valence-corrected chi connectivity index (χ2v) is 9.36. The third kappa shape index (κ3) is 3.53. The van der Waals surface area contributed by atoms with Crippen LogP contribution in [0.25, 0.3) is 5.69 Å². The second kappa shape index (κ2) is 7.79. The second-order valence-electron chi connectivity index (χ2n) is 9.36. The van der Waals surface area contributed by atoms with Gasteiger partial charge in [-0.1, -0.05) is 12.1 Å². The summed E-state index contributed by atoms with van der Waals surface area (Å²) >= 11 is 0. The minimum Gasteiger partial charge on any atom is -0.507 e. The summed E-state index contributed by atoms with van der Waals surface area (Å²) in [5.41, 5.74) is 7.28. The van der Waals surface area contributed by atoms with Gasteiger partial charge in [0.05, 0.1) is 11.3 Å². The zero-order chi connectivity index (χ0) is 25.1. The van der Waals surface area contributed by atoms with Gasteiger partial charge in [-0.2, -0.15) is 0 Å². The highest BCUT2D eigenvalue weighted by molar-refractivity contribution is 6.09. The van der Waals surface area contributed by atoms with Crippen molar-refractivity contribution in [2.75, 3.05) is 11.1 Å². The Balaban J connectivity index is 1.88. The van der Waals surface area contributed by atoms with Crippen molar-refractivity contribution >= 4 is 17.4 Å². The molecule has 4 rings (SSSR count). The molecule has 9 heteroatoms. The number of anilines is 2. The Kier molecular flexibility index (Phi) is 5.31. The number of ether oxygens (including phenoxy) is 1. The number of hydrogen-bond acceptors (Lipinski definition) is 6. The van der Waals surface area contributed by atoms with Gasteiger partial charge in [-0.05, 0) is 57.9 Å². The summed E-state index contributed by atoms with van der Waals surface area (Å²) in [4.78, 5) is 39.3. The zero-order valence-electron chi connectivity index (χ0n) is 20.1. The molecule has 0 atom stereocenters. The largest absolute Gasteiger partial charge is 0.507 e. The lowest BCUT2D eigenvalue weighted by Crippen LogP contribution is -2.40. The number of fused-ring (bicyclic) bond motifs is 1. The van der Waals surface area contributed by atoms with Crippen LogP contribution in [0.2, 0.25) is 0 Å². The molecule has 9 nitrogen and oxygen atoms in total. The fourth-order valence-electron chi connectivity index (χ4n) is 4.41. The number of rotatable bonds is 3. The molecule has 0 saturated carbocycles. The summed E-state index contributed by atoms with van der Waals surface area (Å²) in [6.45, 7) is 9.04. The molecule has 0 fully saturated rings. The SMILES string of the molecule is Cc1cccc(-n2c(N)c(NC(=O)c3c(C)c(O)c(C)c4c3OC(C)(C)C4)c(=O)n(C)c2=O)c1. The first kappa shape index (κ1) is 23.2. The van der Waals surface area contributed by atoms with Crippen LogP contribution in [0.5, 0.6) is 11.5 Å². The van der Waals surface area contributed by atoms with Crippen molar-refractivity contribution in [2.45, 2.75) is 46.6 Å². The number of phenolic OH excluding ortho intramolecular Hbond substituents is 1. The molecular weight excluding hydrogens is 436 g/mol. The van der Waals surface area contributed by atoms with Crippen molar-refractivity contribution in [2.24, 2.45) is 7.05 Å². The molecule has 1 aromatic heterocycles. The van der Waals surface area contributed by atoms with Crippen LogP contribution in [-0.2, 0) is 13.5 Å². The number of benzene rings is 2. The van der Waals surface area contributed by atoms with Gasteiger partial charge in [0.1, 0.15) is 28.6 Å². The maximum atomic E-state index is 13.5. The van der Waals surface area contributed by atoms with E-state index in [4.69, 9.17) is 10.5 Å². The molecule has 0 spiro atoms. The summed E-state index contributed by atoms with van der Waals surface area (Å²) in [5, 5.41) is 13.3. The Morgan fingerprint density at radius 2 is 1.85 bits per heavy atom. The van der Waals surface area contributed by atoms with E-state index in [2.05, 4.69) is 5.32 Å². The topological polar surface area (TPSA) is 129 Å². The van der Waals surface area contributed by atoms with Crippen LogP contribution in [0.1, 0.15) is 46.5 Å². The van der Waals surface area contributed by atoms with Crippen molar-refractivity contribution in [1.82, 2.24) is 9.13 Å². The maximum Gasteiger partial charge on any atom is 0.337 e. The molecule has 0 unspecified atom stereocenters. The Bertz CT molecular complexity index is 1480. The molecule has 2 heterocycles. The number of amides is 1. The first-order valence-corrected chi connectivity index (χ1v) is 10.9. The molecular formula is C25H28N4O5. The Hall–Kier alpha value is -4.01. The van der Waals surface area contributed by atoms with E-state index in [1.165, 1.54) is 11.6 Å². The molecule has 3 aromatic rings. The van der Waals surface area contributed by atoms with Crippen LogP contribution in [-0.4, -0.2) is 25.7 Å². The predicted octanol–water partition coefficient (Wildman–Crippen LogP) is 2.72. The molecule has 1 amide bonds. The predicted molar refractivity (Wildman–Crippen MR) is 130 cm³/mol. The average Bonchev–Trinajstić information content (AvgIpc) is 3.09. The molecule has 0 aliphatic carbocycles. The monoisotopic (exact) mass is 464 g/mol. The van der Waals surface area contributed by atoms with Crippen molar-refractivity contribution in [1.29, 1.82) is 0 Å². The van der Waals surface area contributed by atoms with E-state index >= 15 is 0 Å². The number of aryl methyl sites for hydroxylation is 1. The number of hydrogen-bond donors (Lipinski definition) is 3. The van der Waals surface area contributed by atoms with Crippen molar-refractivity contribution in [3.05, 3.63) is 72.9 Å². The molecule has 178 valence electrons. The summed E-state index contributed by atoms with van der Waals surface area (Å²) in [6.07, 6.45) is 0.518. The third-order valence-corrected chi connectivity index (χ3v) is 6.24. The molecule has 0 bridgehead atoms. The lowest BCUT2D eigenvalue weighted by atomic mass is 9.92. The van der Waals surface area contributed by atoms with Gasteiger partial charge < -0.3 is 20.9 Å². The minimum atomic E-state index is -0.744. The molecule has 4 N–H and O–H groups in total. The van der Waals surface area contributed by atoms with E-state index in [1.807, 2.05) is 26.8 Å². The van der Waals surface area contributed by atoms with Crippen LogP contribution in [0.15, 0.2) is 33.9 Å². The van der Waals surface area contributed by atoms with Gasteiger partial charge in [-0.25, -0.2) is 9.36 Å². The van der Waals surface area contributed by atoms with Gasteiger partial charge in [0.2, 0.25) is 0 Å². The lowest BCUT2D eigenvalue weighted by Gasteiger charge is -2.20. The number of nitrogens with zero attached hydrogens (tertiary/aromatic N) is 2. The number of nitrogen functional groups attached to an aromatic ring is 1. The number of phenols is 1. The van der Waals surface area contributed by atoms with E-state index < -0.39 is 22.8 Å². The normalized spacial score (nSPS) is 13.9. The van der Waals surface area contributed by atoms with Crippen LogP contribution in [0, 0.1) is 20.8 Å². The number of carbonyl (C=O) groups is 1. The fraction of sp³-hybridized carbons (Fsp3) is 0.320. The Morgan fingerprint density at radius 3 is 2.50 bits per heavy atom. The third-order valence-electron chi connectivity index (χ3n) is 6.24. The number of carbonyl (C=O) groups excluding carboxylic acids is 1. The van der Waals surface area contributed by atoms with Gasteiger partial charge in [-0.15, -0.1) is 0 Å². The summed E-state index contributed by atoms with van der Waals surface area (Å²) in [7, 11) is 1.32. The molecule has 2 aromatic carbocycles. The zero-order valence-corrected chi connectivity index (χ0v) is 20.1. The first-order valence-electron chi connectivity index (χ1n) is 10.9. The van der Waals surface area contributed by atoms with E-state index in [1.54, 1.807) is 32.0 Å². The number of nitrogens with two attached hydrogens (primary N) is 1. The molecule has 34 heavy (non-hydrogen) atoms. The summed E-state index contributed by atoms with van der Waals surface area (Å²) < 4.78 is 8.13. The highest BCUT2D eigenvalue weighted by Gasteiger charge is 2.37. The lowest BCUT2D eigenvalue weighted by molar-refractivity contribution is 0.101. The highest BCUT2D eigenvalue weighted by Crippen LogP contribution is 2.45. The van der Waals surface area contributed by atoms with Gasteiger partial charge in [0.15, 0.2) is 0 Å². The van der Waals surface area contributed by atoms with E-state index in [0.29, 0.717) is 29.0 Å². The number of aromatic nitrogens is 2. The average molecular weight is 465 g/mol. The van der Waals surface area contributed by atoms with Crippen molar-refractivity contribution in [3.8, 4) is 17.2 Å². The van der Waals surface area contributed by atoms with Crippen LogP contribution >= 0.6 is 0 Å². The first-order chi connectivity index (χ1) is 15.8. The van der Waals surface area contributed by atoms with E-state index in [9.17, 15) is 19.5 Å². The minimum absolute atomic E-state index is 0.00388. The maximum absolute atomic E-state index is 13.5. The Morgan fingerprint density at radius 1 is 1.18 bits per heavy atom. The quantitative estimate of drug-likeness (QED) is 0.547. The number of aromatic hydroxyl groups is 1. The highest BCUT2D eigenvalue weighted by atomic mass is 16.5. The van der Waals surface area contributed by atoms with Crippen LogP contribution < -0.4 is 27.0 Å². The van der Waals surface area contributed by atoms with Crippen LogP contribution in [0.4, 0.5) is 11.5 Å². The van der Waals surface area contributed by atoms with Crippen LogP contribution in [0.3, 0.4) is 0 Å². The summed E-state index contributed by atoms with van der Waals surface area (Å²) in [5.74, 6) is -0.493. The van der Waals surface area contributed by atoms with Gasteiger partial charge >= 0.3 is 5.69 Å². The molecule has 1 aliphatic heterocycles. The van der Waals surface area contributed by atoms with E-state index in [0.717, 1.165) is 15.7 Å². The van der Waals surface area contributed by atoms with Gasteiger partial charge in [0.25, 0.3) is 11.5 Å². The van der Waals surface area contributed by atoms with Crippen molar-refractivity contribution < 1.29 is 14.6 Å². The fourth-order valence-corrected chi connectivity index (χ4v) is 4.41. The smallest absolute Gasteiger partial charge is 0.337 e. The molecule has 1 aliphatic rings. The van der Waals surface area contributed by atoms with Crippen molar-refractivity contribution in [3.63, 3.8) is 0 Å². The summed E-state index contributed by atoms with van der Waals surface area (Å²) in [6, 6.07) is 7.06. The van der Waals surface area contributed by atoms with Gasteiger partial charge in [-0.3, -0.25) is 14.2 Å². The molecule has 0 radical (unpaired) electrons.